The number of carbonyl (C=O) groups excluding carboxylic acids is 1. The van der Waals surface area contributed by atoms with Gasteiger partial charge in [-0.1, -0.05) is 36.3 Å². The molecule has 27 heavy (non-hydrogen) atoms. The molecule has 1 heterocycles. The average molecular weight is 474 g/mol. The highest BCUT2D eigenvalue weighted by Gasteiger charge is 2.19. The number of rotatable bonds is 3. The van der Waals surface area contributed by atoms with Crippen LogP contribution in [0.15, 0.2) is 53.5 Å². The van der Waals surface area contributed by atoms with Gasteiger partial charge in [0.25, 0.3) is 0 Å². The minimum atomic E-state index is -0.141. The van der Waals surface area contributed by atoms with Crippen LogP contribution < -0.4 is 10.6 Å². The maximum absolute atomic E-state index is 12.2. The number of nitrogens with one attached hydrogen (secondary N) is 2. The van der Waals surface area contributed by atoms with Crippen LogP contribution in [0.3, 0.4) is 0 Å². The number of nitrogens with zero attached hydrogens (tertiary/aromatic N) is 2. The molecule has 0 radical (unpaired) electrons. The summed E-state index contributed by atoms with van der Waals surface area (Å²) in [7, 11) is 1.73. The van der Waals surface area contributed by atoms with Gasteiger partial charge < -0.3 is 15.5 Å². The van der Waals surface area contributed by atoms with Gasteiger partial charge in [0, 0.05) is 31.4 Å². The van der Waals surface area contributed by atoms with E-state index in [1.54, 1.807) is 13.1 Å². The summed E-state index contributed by atoms with van der Waals surface area (Å²) >= 11 is 0. The number of terminal acetylenes is 1. The van der Waals surface area contributed by atoms with Gasteiger partial charge in [-0.05, 0) is 35.7 Å². The Morgan fingerprint density at radius 3 is 2.74 bits per heavy atom. The Bertz CT molecular complexity index is 872. The molecule has 0 spiro atoms. The highest BCUT2D eigenvalue weighted by atomic mass is 127. The molecule has 0 aliphatic carbocycles. The van der Waals surface area contributed by atoms with E-state index < -0.39 is 0 Å². The minimum absolute atomic E-state index is 0. The van der Waals surface area contributed by atoms with E-state index in [1.165, 1.54) is 11.1 Å². The van der Waals surface area contributed by atoms with E-state index in [-0.39, 0.29) is 36.4 Å². The SMILES string of the molecule is C#Cc1cccc(NC(=O)CNC(=NC)N2CCc3ccccc3C2)c1.I. The normalized spacial score (nSPS) is 13.0. The summed E-state index contributed by atoms with van der Waals surface area (Å²) in [5.41, 5.74) is 4.11. The van der Waals surface area contributed by atoms with Crippen molar-refractivity contribution in [1.29, 1.82) is 0 Å². The molecule has 2 aromatic carbocycles. The van der Waals surface area contributed by atoms with Crippen LogP contribution in [-0.4, -0.2) is 36.9 Å². The number of carbonyl (C=O) groups is 1. The third-order valence-corrected chi connectivity index (χ3v) is 4.36. The first-order chi connectivity index (χ1) is 12.7. The molecule has 0 atom stereocenters. The number of aliphatic imine (C=N–C) groups is 1. The lowest BCUT2D eigenvalue weighted by molar-refractivity contribution is -0.115. The van der Waals surface area contributed by atoms with E-state index in [2.05, 4.69) is 50.7 Å². The molecule has 2 N–H and O–H groups in total. The molecule has 0 saturated carbocycles. The number of guanidine groups is 1. The third-order valence-electron chi connectivity index (χ3n) is 4.36. The number of halogens is 1. The summed E-state index contributed by atoms with van der Waals surface area (Å²) in [6.07, 6.45) is 6.36. The predicted octanol–water partition coefficient (Wildman–Crippen LogP) is 2.86. The molecule has 2 aromatic rings. The molecule has 140 valence electrons. The first-order valence-electron chi connectivity index (χ1n) is 8.58. The van der Waals surface area contributed by atoms with Gasteiger partial charge in [-0.3, -0.25) is 9.79 Å². The predicted molar refractivity (Wildman–Crippen MR) is 120 cm³/mol. The standard InChI is InChI=1S/C21H22N4O.HI/c1-3-16-7-6-10-19(13-16)24-20(26)14-23-21(22-2)25-12-11-17-8-4-5-9-18(17)15-25;/h1,4-10,13H,11-12,14-15H2,2H3,(H,22,23)(H,24,26);1H. The molecule has 1 amide bonds. The molecule has 1 aliphatic heterocycles. The van der Waals surface area contributed by atoms with Crippen molar-refractivity contribution in [3.8, 4) is 12.3 Å². The van der Waals surface area contributed by atoms with Crippen molar-refractivity contribution in [2.45, 2.75) is 13.0 Å². The lowest BCUT2D eigenvalue weighted by Crippen LogP contribution is -2.46. The number of hydrogen-bond acceptors (Lipinski definition) is 2. The van der Waals surface area contributed by atoms with Gasteiger partial charge >= 0.3 is 0 Å². The number of amides is 1. The first-order valence-corrected chi connectivity index (χ1v) is 8.58. The van der Waals surface area contributed by atoms with E-state index in [0.717, 1.165) is 31.0 Å². The van der Waals surface area contributed by atoms with Gasteiger partial charge in [0.05, 0.1) is 6.54 Å². The Balaban J connectivity index is 0.00000261. The molecule has 0 fully saturated rings. The molecule has 0 bridgehead atoms. The number of fused-ring (bicyclic) bond motifs is 1. The van der Waals surface area contributed by atoms with E-state index in [4.69, 9.17) is 6.42 Å². The smallest absolute Gasteiger partial charge is 0.243 e. The molecular formula is C21H23IN4O. The Morgan fingerprint density at radius 2 is 2.00 bits per heavy atom. The van der Waals surface area contributed by atoms with Crippen LogP contribution in [-0.2, 0) is 17.8 Å². The Hall–Kier alpha value is -2.53. The van der Waals surface area contributed by atoms with Crippen LogP contribution in [0.2, 0.25) is 0 Å². The van der Waals surface area contributed by atoms with Crippen LogP contribution in [0.25, 0.3) is 0 Å². The largest absolute Gasteiger partial charge is 0.347 e. The van der Waals surface area contributed by atoms with Crippen molar-refractivity contribution in [2.24, 2.45) is 4.99 Å². The molecule has 0 aromatic heterocycles. The van der Waals surface area contributed by atoms with Crippen LogP contribution >= 0.6 is 24.0 Å². The molecule has 1 aliphatic rings. The lowest BCUT2D eigenvalue weighted by Gasteiger charge is -2.31. The molecule has 5 nitrogen and oxygen atoms in total. The monoisotopic (exact) mass is 474 g/mol. The summed E-state index contributed by atoms with van der Waals surface area (Å²) in [6.45, 7) is 1.81. The molecule has 0 unspecified atom stereocenters. The van der Waals surface area contributed by atoms with E-state index in [9.17, 15) is 4.79 Å². The Labute approximate surface area is 177 Å². The fourth-order valence-electron chi connectivity index (χ4n) is 3.06. The van der Waals surface area contributed by atoms with Crippen molar-refractivity contribution in [3.05, 3.63) is 65.2 Å². The summed E-state index contributed by atoms with van der Waals surface area (Å²) in [5.74, 6) is 3.15. The zero-order valence-electron chi connectivity index (χ0n) is 15.2. The highest BCUT2D eigenvalue weighted by Crippen LogP contribution is 2.18. The van der Waals surface area contributed by atoms with E-state index >= 15 is 0 Å². The molecular weight excluding hydrogens is 451 g/mol. The Morgan fingerprint density at radius 1 is 1.22 bits per heavy atom. The van der Waals surface area contributed by atoms with Crippen molar-refractivity contribution < 1.29 is 4.79 Å². The van der Waals surface area contributed by atoms with Crippen LogP contribution in [0.5, 0.6) is 0 Å². The van der Waals surface area contributed by atoms with Gasteiger partial charge in [0.1, 0.15) is 0 Å². The van der Waals surface area contributed by atoms with Gasteiger partial charge in [-0.2, -0.15) is 0 Å². The fraction of sp³-hybridized carbons (Fsp3) is 0.238. The van der Waals surface area contributed by atoms with Crippen molar-refractivity contribution in [2.75, 3.05) is 25.5 Å². The second-order valence-corrected chi connectivity index (χ2v) is 6.11. The van der Waals surface area contributed by atoms with Crippen molar-refractivity contribution in [3.63, 3.8) is 0 Å². The van der Waals surface area contributed by atoms with Crippen LogP contribution in [0.1, 0.15) is 16.7 Å². The average Bonchev–Trinajstić information content (AvgIpc) is 2.68. The van der Waals surface area contributed by atoms with Crippen molar-refractivity contribution >= 4 is 41.5 Å². The highest BCUT2D eigenvalue weighted by molar-refractivity contribution is 14.0. The minimum Gasteiger partial charge on any atom is -0.347 e. The molecule has 6 heteroatoms. The van der Waals surface area contributed by atoms with Crippen LogP contribution in [0, 0.1) is 12.3 Å². The number of hydrogen-bond donors (Lipinski definition) is 2. The maximum Gasteiger partial charge on any atom is 0.243 e. The number of benzene rings is 2. The zero-order chi connectivity index (χ0) is 18.4. The summed E-state index contributed by atoms with van der Waals surface area (Å²) in [4.78, 5) is 18.7. The summed E-state index contributed by atoms with van der Waals surface area (Å²) in [6, 6.07) is 15.7. The Kier molecular flexibility index (Phi) is 7.67. The topological polar surface area (TPSA) is 56.7 Å². The zero-order valence-corrected chi connectivity index (χ0v) is 17.6. The quantitative estimate of drug-likeness (QED) is 0.312. The second-order valence-electron chi connectivity index (χ2n) is 6.11. The van der Waals surface area contributed by atoms with Crippen molar-refractivity contribution in [1.82, 2.24) is 10.2 Å². The summed E-state index contributed by atoms with van der Waals surface area (Å²) in [5, 5.41) is 5.99. The maximum atomic E-state index is 12.2. The fourth-order valence-corrected chi connectivity index (χ4v) is 3.06. The summed E-state index contributed by atoms with van der Waals surface area (Å²) < 4.78 is 0. The second kappa shape index (κ2) is 9.97. The van der Waals surface area contributed by atoms with E-state index in [1.807, 2.05) is 18.2 Å². The van der Waals surface area contributed by atoms with Gasteiger partial charge in [-0.25, -0.2) is 0 Å². The van der Waals surface area contributed by atoms with Crippen LogP contribution in [0.4, 0.5) is 5.69 Å². The third kappa shape index (κ3) is 5.47. The first kappa shape index (κ1) is 20.8. The van der Waals surface area contributed by atoms with Gasteiger partial charge in [-0.15, -0.1) is 30.4 Å². The number of anilines is 1. The van der Waals surface area contributed by atoms with E-state index in [0.29, 0.717) is 5.69 Å². The van der Waals surface area contributed by atoms with Gasteiger partial charge in [0.15, 0.2) is 5.96 Å². The lowest BCUT2D eigenvalue weighted by atomic mass is 10.0. The van der Waals surface area contributed by atoms with Gasteiger partial charge in [0.2, 0.25) is 5.91 Å². The molecule has 3 rings (SSSR count). The molecule has 0 saturated heterocycles.